The smallest absolute Gasteiger partial charge is 0.0589 e. The molecule has 2 fully saturated rings. The minimum Gasteiger partial charge on any atom is -0.383 e. The van der Waals surface area contributed by atoms with Crippen LogP contribution in [0.2, 0.25) is 0 Å². The molecule has 0 aromatic carbocycles. The summed E-state index contributed by atoms with van der Waals surface area (Å²) < 4.78 is 5.25. The van der Waals surface area contributed by atoms with Gasteiger partial charge in [-0.2, -0.15) is 0 Å². The number of likely N-dealkylation sites (tertiary alicyclic amines) is 1. The van der Waals surface area contributed by atoms with Crippen molar-refractivity contribution in [2.24, 2.45) is 5.41 Å². The molecule has 3 nitrogen and oxygen atoms in total. The van der Waals surface area contributed by atoms with Crippen LogP contribution in [0.1, 0.15) is 37.0 Å². The van der Waals surface area contributed by atoms with Gasteiger partial charge in [-0.1, -0.05) is 6.07 Å². The Morgan fingerprint density at radius 2 is 2.00 bits per heavy atom. The molecule has 124 valence electrons. The molecule has 1 saturated carbocycles. The lowest BCUT2D eigenvalue weighted by molar-refractivity contribution is 0.0394. The van der Waals surface area contributed by atoms with E-state index in [1.165, 1.54) is 45.2 Å². The molecule has 4 heteroatoms. The van der Waals surface area contributed by atoms with Gasteiger partial charge < -0.3 is 9.64 Å². The molecular formula is C18H30N2OS. The van der Waals surface area contributed by atoms with Crippen molar-refractivity contribution in [3.8, 4) is 0 Å². The standard InChI is InChI=1S/C18H30N2OS/c1-19(2)18(16-5-4-14-22-16)8-6-17(7-9-18)10-11-20(15-17)12-13-21-3/h4-5,14H,6-13,15H2,1-3H3. The molecule has 1 spiro atoms. The summed E-state index contributed by atoms with van der Waals surface area (Å²) in [4.78, 5) is 6.64. The van der Waals surface area contributed by atoms with E-state index in [1.54, 1.807) is 12.0 Å². The first kappa shape index (κ1) is 16.4. The van der Waals surface area contributed by atoms with E-state index in [0.717, 1.165) is 13.2 Å². The Morgan fingerprint density at radius 3 is 2.59 bits per heavy atom. The van der Waals surface area contributed by atoms with Gasteiger partial charge in [0.05, 0.1) is 12.1 Å². The van der Waals surface area contributed by atoms with Crippen LogP contribution in [0.5, 0.6) is 0 Å². The average molecular weight is 323 g/mol. The van der Waals surface area contributed by atoms with Crippen molar-refractivity contribution in [2.75, 3.05) is 47.4 Å². The second kappa shape index (κ2) is 6.60. The molecule has 0 radical (unpaired) electrons. The summed E-state index contributed by atoms with van der Waals surface area (Å²) >= 11 is 1.93. The number of ether oxygens (including phenoxy) is 1. The van der Waals surface area contributed by atoms with Gasteiger partial charge in [0.2, 0.25) is 0 Å². The fourth-order valence-corrected chi connectivity index (χ4v) is 5.57. The van der Waals surface area contributed by atoms with Crippen molar-refractivity contribution in [3.63, 3.8) is 0 Å². The lowest BCUT2D eigenvalue weighted by Gasteiger charge is -2.48. The monoisotopic (exact) mass is 322 g/mol. The molecule has 3 rings (SSSR count). The van der Waals surface area contributed by atoms with E-state index in [1.807, 2.05) is 11.3 Å². The molecular weight excluding hydrogens is 292 g/mol. The highest BCUT2D eigenvalue weighted by Gasteiger charge is 2.47. The van der Waals surface area contributed by atoms with Crippen LogP contribution in [0.25, 0.3) is 0 Å². The minimum atomic E-state index is 0.277. The minimum absolute atomic E-state index is 0.277. The van der Waals surface area contributed by atoms with Crippen molar-refractivity contribution < 1.29 is 4.74 Å². The third-order valence-electron chi connectivity index (χ3n) is 6.10. The number of nitrogens with zero attached hydrogens (tertiary/aromatic N) is 2. The number of hydrogen-bond acceptors (Lipinski definition) is 4. The van der Waals surface area contributed by atoms with E-state index in [-0.39, 0.29) is 5.54 Å². The van der Waals surface area contributed by atoms with Crippen LogP contribution in [0.4, 0.5) is 0 Å². The predicted octanol–water partition coefficient (Wildman–Crippen LogP) is 3.42. The Kier molecular flexibility index (Phi) is 4.93. The van der Waals surface area contributed by atoms with Crippen molar-refractivity contribution in [1.29, 1.82) is 0 Å². The fourth-order valence-electron chi connectivity index (χ4n) is 4.50. The molecule has 2 heterocycles. The first-order valence-electron chi connectivity index (χ1n) is 8.53. The Balaban J connectivity index is 1.67. The molecule has 0 bridgehead atoms. The normalized spacial score (nSPS) is 33.1. The Morgan fingerprint density at radius 1 is 1.23 bits per heavy atom. The highest BCUT2D eigenvalue weighted by atomic mass is 32.1. The van der Waals surface area contributed by atoms with Crippen molar-refractivity contribution in [2.45, 2.75) is 37.6 Å². The summed E-state index contributed by atoms with van der Waals surface area (Å²) in [6.45, 7) is 4.51. The maximum Gasteiger partial charge on any atom is 0.0589 e. The van der Waals surface area contributed by atoms with Gasteiger partial charge in [0.15, 0.2) is 0 Å². The molecule has 1 aromatic rings. The maximum atomic E-state index is 5.25. The Hall–Kier alpha value is -0.420. The van der Waals surface area contributed by atoms with Crippen LogP contribution >= 0.6 is 11.3 Å². The Bertz CT molecular complexity index is 463. The van der Waals surface area contributed by atoms with E-state index >= 15 is 0 Å². The van der Waals surface area contributed by atoms with Crippen molar-refractivity contribution >= 4 is 11.3 Å². The second-order valence-electron chi connectivity index (χ2n) is 7.42. The van der Waals surface area contributed by atoms with Crippen LogP contribution < -0.4 is 0 Å². The molecule has 0 N–H and O–H groups in total. The molecule has 1 saturated heterocycles. The van der Waals surface area contributed by atoms with Crippen molar-refractivity contribution in [3.05, 3.63) is 22.4 Å². The third kappa shape index (κ3) is 2.99. The van der Waals surface area contributed by atoms with Gasteiger partial charge in [0.25, 0.3) is 0 Å². The summed E-state index contributed by atoms with van der Waals surface area (Å²) in [5.74, 6) is 0. The van der Waals surface area contributed by atoms with Gasteiger partial charge in [0, 0.05) is 25.1 Å². The van der Waals surface area contributed by atoms with E-state index in [9.17, 15) is 0 Å². The van der Waals surface area contributed by atoms with E-state index in [4.69, 9.17) is 4.74 Å². The van der Waals surface area contributed by atoms with Crippen LogP contribution in [-0.4, -0.2) is 57.2 Å². The summed E-state index contributed by atoms with van der Waals surface area (Å²) in [5, 5.41) is 2.23. The third-order valence-corrected chi connectivity index (χ3v) is 7.17. The average Bonchev–Trinajstić information content (AvgIpc) is 3.17. The SMILES string of the molecule is COCCN1CCC2(CCC(c3cccs3)(N(C)C)CC2)C1. The zero-order valence-corrected chi connectivity index (χ0v) is 15.1. The van der Waals surface area contributed by atoms with Gasteiger partial charge >= 0.3 is 0 Å². The largest absolute Gasteiger partial charge is 0.383 e. The highest BCUT2D eigenvalue weighted by Crippen LogP contribution is 2.52. The van der Waals surface area contributed by atoms with E-state index < -0.39 is 0 Å². The molecule has 0 unspecified atom stereocenters. The first-order chi connectivity index (χ1) is 10.6. The van der Waals surface area contributed by atoms with Gasteiger partial charge in [-0.3, -0.25) is 4.90 Å². The zero-order valence-electron chi connectivity index (χ0n) is 14.3. The molecule has 0 atom stereocenters. The quantitative estimate of drug-likeness (QED) is 0.826. The van der Waals surface area contributed by atoms with Crippen molar-refractivity contribution in [1.82, 2.24) is 9.80 Å². The van der Waals surface area contributed by atoms with Crippen LogP contribution in [0.3, 0.4) is 0 Å². The molecule has 1 aliphatic heterocycles. The lowest BCUT2D eigenvalue weighted by atomic mass is 9.66. The fraction of sp³-hybridized carbons (Fsp3) is 0.778. The zero-order chi connectivity index (χ0) is 15.6. The topological polar surface area (TPSA) is 15.7 Å². The number of hydrogen-bond donors (Lipinski definition) is 0. The summed E-state index contributed by atoms with van der Waals surface area (Å²) in [6, 6.07) is 4.54. The van der Waals surface area contributed by atoms with Crippen LogP contribution in [0, 0.1) is 5.41 Å². The molecule has 0 amide bonds. The molecule has 1 aliphatic carbocycles. The van der Waals surface area contributed by atoms with Gasteiger partial charge in [0.1, 0.15) is 0 Å². The number of methoxy groups -OCH3 is 1. The number of rotatable bonds is 5. The summed E-state index contributed by atoms with van der Waals surface area (Å²) in [6.07, 6.45) is 6.72. The second-order valence-corrected chi connectivity index (χ2v) is 8.37. The maximum absolute atomic E-state index is 5.25. The molecule has 1 aromatic heterocycles. The predicted molar refractivity (Wildman–Crippen MR) is 93.5 cm³/mol. The molecule has 2 aliphatic rings. The lowest BCUT2D eigenvalue weighted by Crippen LogP contribution is -2.47. The molecule has 22 heavy (non-hydrogen) atoms. The summed E-state index contributed by atoms with van der Waals surface area (Å²) in [5.41, 5.74) is 0.851. The highest BCUT2D eigenvalue weighted by molar-refractivity contribution is 7.10. The van der Waals surface area contributed by atoms with Crippen LogP contribution in [0.15, 0.2) is 17.5 Å². The Labute approximate surface area is 139 Å². The van der Waals surface area contributed by atoms with E-state index in [0.29, 0.717) is 5.41 Å². The van der Waals surface area contributed by atoms with E-state index in [2.05, 4.69) is 41.4 Å². The van der Waals surface area contributed by atoms with Gasteiger partial charge in [-0.15, -0.1) is 11.3 Å². The summed E-state index contributed by atoms with van der Waals surface area (Å²) in [7, 11) is 6.33. The van der Waals surface area contributed by atoms with Gasteiger partial charge in [-0.25, -0.2) is 0 Å². The van der Waals surface area contributed by atoms with Gasteiger partial charge in [-0.05, 0) is 69.6 Å². The van der Waals surface area contributed by atoms with Crippen LogP contribution in [-0.2, 0) is 10.3 Å². The number of thiophene rings is 1. The first-order valence-corrected chi connectivity index (χ1v) is 9.41.